The number of aryl methyl sites for hydroxylation is 2. The molecule has 0 spiro atoms. The van der Waals surface area contributed by atoms with Crippen LogP contribution in [-0.2, 0) is 17.6 Å². The van der Waals surface area contributed by atoms with E-state index in [1.54, 1.807) is 6.20 Å². The van der Waals surface area contributed by atoms with Crippen LogP contribution in [-0.4, -0.2) is 29.4 Å². The minimum atomic E-state index is -0.474. The highest BCUT2D eigenvalue weighted by Gasteiger charge is 2.31. The van der Waals surface area contributed by atoms with Crippen molar-refractivity contribution in [3.05, 3.63) is 65.5 Å². The van der Waals surface area contributed by atoms with Gasteiger partial charge in [0.15, 0.2) is 0 Å². The number of nitrogens with one attached hydrogen (secondary N) is 2. The zero-order chi connectivity index (χ0) is 21.2. The molecule has 1 heterocycles. The Morgan fingerprint density at radius 2 is 1.83 bits per heavy atom. The van der Waals surface area contributed by atoms with Crippen LogP contribution in [0.3, 0.4) is 0 Å². The molecule has 5 heteroatoms. The number of amides is 2. The van der Waals surface area contributed by atoms with Crippen LogP contribution in [0, 0.1) is 5.92 Å². The second-order valence-corrected chi connectivity index (χ2v) is 8.12. The van der Waals surface area contributed by atoms with Crippen molar-refractivity contribution >= 4 is 11.8 Å². The fraction of sp³-hybridized carbons (Fsp3) is 0.480. The van der Waals surface area contributed by atoms with Gasteiger partial charge in [-0.15, -0.1) is 0 Å². The first kappa shape index (κ1) is 22.0. The molecule has 0 bridgehead atoms. The molecule has 5 nitrogen and oxygen atoms in total. The summed E-state index contributed by atoms with van der Waals surface area (Å²) in [5.41, 5.74) is 2.83. The average molecular weight is 408 g/mol. The van der Waals surface area contributed by atoms with Crippen LogP contribution in [0.5, 0.6) is 0 Å². The number of carbonyl (C=O) groups excluding carboxylic acids is 2. The molecule has 2 N–H and O–H groups in total. The molecule has 0 saturated heterocycles. The predicted octanol–water partition coefficient (Wildman–Crippen LogP) is 4.07. The number of carbonyl (C=O) groups is 2. The van der Waals surface area contributed by atoms with Gasteiger partial charge in [-0.2, -0.15) is 0 Å². The average Bonchev–Trinajstić information content (AvgIpc) is 2.81. The first-order chi connectivity index (χ1) is 14.7. The number of aromatic nitrogens is 1. The SMILES string of the molecule is CCc1ccc(C(=O)N[C@@H](C(=O)NCCCc2ccccn2)C2CCCCC2)cc1. The van der Waals surface area contributed by atoms with Gasteiger partial charge in [0.25, 0.3) is 5.91 Å². The number of hydrogen-bond donors (Lipinski definition) is 2. The molecule has 2 amide bonds. The Balaban J connectivity index is 1.57. The molecule has 0 radical (unpaired) electrons. The molecule has 1 aliphatic rings. The Kier molecular flexibility index (Phi) is 8.42. The van der Waals surface area contributed by atoms with Gasteiger partial charge in [-0.3, -0.25) is 14.6 Å². The highest BCUT2D eigenvalue weighted by Crippen LogP contribution is 2.27. The lowest BCUT2D eigenvalue weighted by Gasteiger charge is -2.30. The van der Waals surface area contributed by atoms with Crippen molar-refractivity contribution < 1.29 is 9.59 Å². The van der Waals surface area contributed by atoms with Gasteiger partial charge in [-0.05, 0) is 67.9 Å². The van der Waals surface area contributed by atoms with E-state index in [1.165, 1.54) is 12.0 Å². The maximum atomic E-state index is 13.0. The highest BCUT2D eigenvalue weighted by molar-refractivity contribution is 5.97. The number of hydrogen-bond acceptors (Lipinski definition) is 3. The predicted molar refractivity (Wildman–Crippen MR) is 119 cm³/mol. The van der Waals surface area contributed by atoms with Crippen LogP contribution in [0.1, 0.15) is 67.1 Å². The maximum Gasteiger partial charge on any atom is 0.251 e. The van der Waals surface area contributed by atoms with Crippen LogP contribution < -0.4 is 10.6 Å². The Morgan fingerprint density at radius 3 is 2.50 bits per heavy atom. The van der Waals surface area contributed by atoms with E-state index < -0.39 is 6.04 Å². The lowest BCUT2D eigenvalue weighted by atomic mass is 9.83. The Hall–Kier alpha value is -2.69. The molecule has 30 heavy (non-hydrogen) atoms. The van der Waals surface area contributed by atoms with E-state index in [0.717, 1.165) is 50.6 Å². The lowest BCUT2D eigenvalue weighted by Crippen LogP contribution is -2.51. The molecule has 1 fully saturated rings. The van der Waals surface area contributed by atoms with E-state index in [2.05, 4.69) is 22.5 Å². The first-order valence-electron chi connectivity index (χ1n) is 11.2. The van der Waals surface area contributed by atoms with Gasteiger partial charge >= 0.3 is 0 Å². The summed E-state index contributed by atoms with van der Waals surface area (Å²) >= 11 is 0. The topological polar surface area (TPSA) is 71.1 Å². The zero-order valence-electron chi connectivity index (χ0n) is 17.9. The molecule has 2 aromatic rings. The van der Waals surface area contributed by atoms with Crippen molar-refractivity contribution in [3.63, 3.8) is 0 Å². The van der Waals surface area contributed by atoms with Crippen LogP contribution >= 0.6 is 0 Å². The molecule has 0 unspecified atom stereocenters. The van der Waals surface area contributed by atoms with E-state index >= 15 is 0 Å². The summed E-state index contributed by atoms with van der Waals surface area (Å²) in [6, 6.07) is 13.0. The summed E-state index contributed by atoms with van der Waals surface area (Å²) in [5, 5.41) is 6.08. The van der Waals surface area contributed by atoms with Crippen molar-refractivity contribution in [2.24, 2.45) is 5.92 Å². The molecular formula is C25H33N3O2. The van der Waals surface area contributed by atoms with E-state index in [9.17, 15) is 9.59 Å². The van der Waals surface area contributed by atoms with Crippen molar-refractivity contribution in [2.75, 3.05) is 6.54 Å². The minimum absolute atomic E-state index is 0.0681. The van der Waals surface area contributed by atoms with Crippen molar-refractivity contribution in [1.29, 1.82) is 0 Å². The molecule has 0 aliphatic heterocycles. The lowest BCUT2D eigenvalue weighted by molar-refractivity contribution is -0.124. The van der Waals surface area contributed by atoms with E-state index in [1.807, 2.05) is 42.5 Å². The van der Waals surface area contributed by atoms with Crippen LogP contribution in [0.25, 0.3) is 0 Å². The number of rotatable bonds is 9. The standard InChI is InChI=1S/C25H33N3O2/c1-2-19-13-15-21(16-14-19)24(29)28-23(20-9-4-3-5-10-20)25(30)27-18-8-12-22-11-6-7-17-26-22/h6-7,11,13-17,20,23H,2-5,8-10,12,18H2,1H3,(H,27,30)(H,28,29)/t23-/m1/s1. The Morgan fingerprint density at radius 1 is 1.07 bits per heavy atom. The Bertz CT molecular complexity index is 799. The number of pyridine rings is 1. The molecule has 1 aromatic carbocycles. The van der Waals surface area contributed by atoms with Crippen LogP contribution in [0.15, 0.2) is 48.7 Å². The molecule has 3 rings (SSSR count). The molecule has 1 saturated carbocycles. The maximum absolute atomic E-state index is 13.0. The van der Waals surface area contributed by atoms with Gasteiger partial charge in [0, 0.05) is 24.0 Å². The quantitative estimate of drug-likeness (QED) is 0.616. The van der Waals surface area contributed by atoms with Gasteiger partial charge < -0.3 is 10.6 Å². The second-order valence-electron chi connectivity index (χ2n) is 8.12. The normalized spacial score (nSPS) is 15.4. The fourth-order valence-electron chi connectivity index (χ4n) is 4.12. The van der Waals surface area contributed by atoms with E-state index in [4.69, 9.17) is 0 Å². The van der Waals surface area contributed by atoms with Gasteiger partial charge in [0.1, 0.15) is 6.04 Å². The van der Waals surface area contributed by atoms with Crippen molar-refractivity contribution in [2.45, 2.75) is 64.3 Å². The number of benzene rings is 1. The summed E-state index contributed by atoms with van der Waals surface area (Å²) in [7, 11) is 0. The van der Waals surface area contributed by atoms with Crippen molar-refractivity contribution in [1.82, 2.24) is 15.6 Å². The fourth-order valence-corrected chi connectivity index (χ4v) is 4.12. The third kappa shape index (κ3) is 6.41. The van der Waals surface area contributed by atoms with Crippen LogP contribution in [0.4, 0.5) is 0 Å². The molecular weight excluding hydrogens is 374 g/mol. The summed E-state index contributed by atoms with van der Waals surface area (Å²) < 4.78 is 0. The summed E-state index contributed by atoms with van der Waals surface area (Å²) in [4.78, 5) is 30.1. The summed E-state index contributed by atoms with van der Waals surface area (Å²) in [5.74, 6) is -0.0354. The molecule has 1 aromatic heterocycles. The van der Waals surface area contributed by atoms with Gasteiger partial charge in [0.2, 0.25) is 5.91 Å². The second kappa shape index (κ2) is 11.5. The monoisotopic (exact) mass is 407 g/mol. The Labute approximate surface area is 179 Å². The highest BCUT2D eigenvalue weighted by atomic mass is 16.2. The van der Waals surface area contributed by atoms with Gasteiger partial charge in [-0.25, -0.2) is 0 Å². The smallest absolute Gasteiger partial charge is 0.251 e. The molecule has 1 atom stereocenters. The third-order valence-electron chi connectivity index (χ3n) is 5.95. The third-order valence-corrected chi connectivity index (χ3v) is 5.95. The largest absolute Gasteiger partial charge is 0.354 e. The molecule has 160 valence electrons. The number of nitrogens with zero attached hydrogens (tertiary/aromatic N) is 1. The van der Waals surface area contributed by atoms with E-state index in [-0.39, 0.29) is 17.7 Å². The summed E-state index contributed by atoms with van der Waals surface area (Å²) in [6.45, 7) is 2.67. The minimum Gasteiger partial charge on any atom is -0.354 e. The van der Waals surface area contributed by atoms with Gasteiger partial charge in [0.05, 0.1) is 0 Å². The van der Waals surface area contributed by atoms with Crippen molar-refractivity contribution in [3.8, 4) is 0 Å². The van der Waals surface area contributed by atoms with E-state index in [0.29, 0.717) is 12.1 Å². The van der Waals surface area contributed by atoms with Crippen LogP contribution in [0.2, 0.25) is 0 Å². The first-order valence-corrected chi connectivity index (χ1v) is 11.2. The molecule has 1 aliphatic carbocycles. The summed E-state index contributed by atoms with van der Waals surface area (Å²) in [6.07, 6.45) is 9.80. The van der Waals surface area contributed by atoms with Gasteiger partial charge in [-0.1, -0.05) is 44.4 Å². The zero-order valence-corrected chi connectivity index (χ0v) is 17.9.